The average molecular weight is 278 g/mol. The molecular weight excluding hydrogens is 262 g/mol. The van der Waals surface area contributed by atoms with Crippen LogP contribution >= 0.6 is 15.9 Å². The van der Waals surface area contributed by atoms with Gasteiger partial charge in [0.15, 0.2) is 5.78 Å². The van der Waals surface area contributed by atoms with Crippen LogP contribution in [0, 0.1) is 0 Å². The van der Waals surface area contributed by atoms with Gasteiger partial charge in [-0.3, -0.25) is 4.79 Å². The molecule has 1 aliphatic heterocycles. The molecule has 1 aliphatic rings. The zero-order chi connectivity index (χ0) is 11.6. The van der Waals surface area contributed by atoms with E-state index in [4.69, 9.17) is 4.74 Å². The summed E-state index contributed by atoms with van der Waals surface area (Å²) in [5, 5.41) is 0. The maximum Gasteiger partial charge on any atom is 0.410 e. The Hall–Kier alpha value is -0.580. The number of hydrogen-bond acceptors (Lipinski definition) is 3. The first kappa shape index (κ1) is 12.5. The average Bonchev–Trinajstić information content (AvgIpc) is 2.06. The Kier molecular flexibility index (Phi) is 3.76. The molecule has 0 aromatic heterocycles. The Balaban J connectivity index is 2.52. The van der Waals surface area contributed by atoms with Crippen LogP contribution in [0.5, 0.6) is 0 Å². The molecular formula is C10H16BrNO3. The lowest BCUT2D eigenvalue weighted by atomic mass is 10.1. The Morgan fingerprint density at radius 2 is 2.13 bits per heavy atom. The topological polar surface area (TPSA) is 46.6 Å². The van der Waals surface area contributed by atoms with Gasteiger partial charge in [-0.05, 0) is 27.2 Å². The lowest BCUT2D eigenvalue weighted by molar-refractivity contribution is -0.121. The molecule has 1 saturated heterocycles. The van der Waals surface area contributed by atoms with Crippen molar-refractivity contribution in [3.8, 4) is 0 Å². The number of likely N-dealkylation sites (tertiary alicyclic amines) is 1. The zero-order valence-electron chi connectivity index (χ0n) is 9.25. The van der Waals surface area contributed by atoms with Gasteiger partial charge in [-0.2, -0.15) is 0 Å². The van der Waals surface area contributed by atoms with Crippen LogP contribution in [0.2, 0.25) is 0 Å². The SMILES string of the molecule is CC(C)(C)OC(=O)N1CCC(Br)C(=O)C1. The van der Waals surface area contributed by atoms with Crippen LogP contribution in [0.4, 0.5) is 4.79 Å². The van der Waals surface area contributed by atoms with Crippen LogP contribution in [0.1, 0.15) is 27.2 Å². The highest BCUT2D eigenvalue weighted by atomic mass is 79.9. The Morgan fingerprint density at radius 3 is 2.60 bits per heavy atom. The van der Waals surface area contributed by atoms with E-state index in [2.05, 4.69) is 15.9 Å². The van der Waals surface area contributed by atoms with Gasteiger partial charge in [-0.1, -0.05) is 15.9 Å². The number of hydrogen-bond donors (Lipinski definition) is 0. The second kappa shape index (κ2) is 4.51. The minimum Gasteiger partial charge on any atom is -0.444 e. The van der Waals surface area contributed by atoms with E-state index in [1.165, 1.54) is 4.90 Å². The van der Waals surface area contributed by atoms with Crippen molar-refractivity contribution in [3.63, 3.8) is 0 Å². The summed E-state index contributed by atoms with van der Waals surface area (Å²) in [6.45, 7) is 6.14. The number of carbonyl (C=O) groups excluding carboxylic acids is 2. The second-order valence-corrected chi connectivity index (χ2v) is 5.73. The standard InChI is InChI=1S/C10H16BrNO3/c1-10(2,3)15-9(14)12-5-4-7(11)8(13)6-12/h7H,4-6H2,1-3H3. The van der Waals surface area contributed by atoms with E-state index in [0.717, 1.165) is 0 Å². The molecule has 15 heavy (non-hydrogen) atoms. The predicted octanol–water partition coefficient (Wildman–Crippen LogP) is 1.96. The molecule has 1 atom stereocenters. The van der Waals surface area contributed by atoms with Crippen molar-refractivity contribution in [1.29, 1.82) is 0 Å². The van der Waals surface area contributed by atoms with Crippen molar-refractivity contribution < 1.29 is 14.3 Å². The number of rotatable bonds is 0. The fourth-order valence-corrected chi connectivity index (χ4v) is 1.63. The number of piperidine rings is 1. The normalized spacial score (nSPS) is 22.8. The molecule has 0 spiro atoms. The summed E-state index contributed by atoms with van der Waals surface area (Å²) < 4.78 is 5.18. The van der Waals surface area contributed by atoms with Gasteiger partial charge in [0.1, 0.15) is 5.60 Å². The van der Waals surface area contributed by atoms with Crippen molar-refractivity contribution in [2.45, 2.75) is 37.6 Å². The lowest BCUT2D eigenvalue weighted by Crippen LogP contribution is -2.46. The highest BCUT2D eigenvalue weighted by molar-refractivity contribution is 9.10. The number of nitrogens with zero attached hydrogens (tertiary/aromatic N) is 1. The van der Waals surface area contributed by atoms with Crippen molar-refractivity contribution >= 4 is 27.8 Å². The quantitative estimate of drug-likeness (QED) is 0.636. The Labute approximate surface area is 98.1 Å². The fourth-order valence-electron chi connectivity index (χ4n) is 1.28. The number of halogens is 1. The molecule has 1 heterocycles. The van der Waals surface area contributed by atoms with E-state index < -0.39 is 11.7 Å². The number of ketones is 1. The number of carbonyl (C=O) groups is 2. The smallest absolute Gasteiger partial charge is 0.410 e. The largest absolute Gasteiger partial charge is 0.444 e. The number of Topliss-reactive ketones (excluding diaryl/α,β-unsaturated/α-hetero) is 1. The number of ether oxygens (including phenoxy) is 1. The summed E-state index contributed by atoms with van der Waals surface area (Å²) in [6, 6.07) is 0. The van der Waals surface area contributed by atoms with Gasteiger partial charge in [0, 0.05) is 6.54 Å². The number of amides is 1. The van der Waals surface area contributed by atoms with Crippen LogP contribution in [-0.2, 0) is 9.53 Å². The highest BCUT2D eigenvalue weighted by Gasteiger charge is 2.30. The van der Waals surface area contributed by atoms with Crippen LogP contribution in [0.15, 0.2) is 0 Å². The molecule has 86 valence electrons. The molecule has 0 bridgehead atoms. The highest BCUT2D eigenvalue weighted by Crippen LogP contribution is 2.17. The van der Waals surface area contributed by atoms with Gasteiger partial charge in [-0.15, -0.1) is 0 Å². The molecule has 0 aliphatic carbocycles. The number of alkyl halides is 1. The zero-order valence-corrected chi connectivity index (χ0v) is 10.8. The molecule has 1 fully saturated rings. The van der Waals surface area contributed by atoms with E-state index in [-0.39, 0.29) is 17.2 Å². The van der Waals surface area contributed by atoms with E-state index in [1.54, 1.807) is 0 Å². The van der Waals surface area contributed by atoms with E-state index in [1.807, 2.05) is 20.8 Å². The summed E-state index contributed by atoms with van der Waals surface area (Å²) in [7, 11) is 0. The third-order valence-corrected chi connectivity index (χ3v) is 2.97. The van der Waals surface area contributed by atoms with Crippen LogP contribution < -0.4 is 0 Å². The second-order valence-electron chi connectivity index (χ2n) is 4.62. The van der Waals surface area contributed by atoms with Gasteiger partial charge in [-0.25, -0.2) is 4.79 Å². The fraction of sp³-hybridized carbons (Fsp3) is 0.800. The van der Waals surface area contributed by atoms with Gasteiger partial charge in [0.2, 0.25) is 0 Å². The summed E-state index contributed by atoms with van der Waals surface area (Å²) in [5.74, 6) is 0.0344. The predicted molar refractivity (Wildman–Crippen MR) is 60.1 cm³/mol. The Morgan fingerprint density at radius 1 is 1.53 bits per heavy atom. The minimum atomic E-state index is -0.509. The van der Waals surface area contributed by atoms with Crippen molar-refractivity contribution in [2.24, 2.45) is 0 Å². The Bertz CT molecular complexity index is 272. The van der Waals surface area contributed by atoms with Crippen molar-refractivity contribution in [2.75, 3.05) is 13.1 Å². The summed E-state index contributed by atoms with van der Waals surface area (Å²) in [6.07, 6.45) is 0.244. The molecule has 4 nitrogen and oxygen atoms in total. The summed E-state index contributed by atoms with van der Waals surface area (Å²) >= 11 is 3.26. The van der Waals surface area contributed by atoms with Gasteiger partial charge in [0.25, 0.3) is 0 Å². The first-order valence-electron chi connectivity index (χ1n) is 4.94. The van der Waals surface area contributed by atoms with Crippen LogP contribution in [0.25, 0.3) is 0 Å². The monoisotopic (exact) mass is 277 g/mol. The lowest BCUT2D eigenvalue weighted by Gasteiger charge is -2.30. The minimum absolute atomic E-state index is 0.0344. The van der Waals surface area contributed by atoms with Crippen LogP contribution in [0.3, 0.4) is 0 Å². The van der Waals surface area contributed by atoms with Crippen molar-refractivity contribution in [1.82, 2.24) is 4.90 Å². The van der Waals surface area contributed by atoms with Gasteiger partial charge in [0.05, 0.1) is 11.4 Å². The molecule has 5 heteroatoms. The maximum atomic E-state index is 11.6. The molecule has 0 radical (unpaired) electrons. The first-order chi connectivity index (χ1) is 6.79. The molecule has 1 unspecified atom stereocenters. The first-order valence-corrected chi connectivity index (χ1v) is 5.86. The van der Waals surface area contributed by atoms with E-state index >= 15 is 0 Å². The van der Waals surface area contributed by atoms with Gasteiger partial charge >= 0.3 is 6.09 Å². The molecule has 0 aromatic rings. The van der Waals surface area contributed by atoms with Crippen LogP contribution in [-0.4, -0.2) is 40.3 Å². The van der Waals surface area contributed by atoms with Crippen molar-refractivity contribution in [3.05, 3.63) is 0 Å². The van der Waals surface area contributed by atoms with E-state index in [9.17, 15) is 9.59 Å². The molecule has 0 N–H and O–H groups in total. The van der Waals surface area contributed by atoms with Gasteiger partial charge < -0.3 is 9.64 Å². The summed E-state index contributed by atoms with van der Waals surface area (Å²) in [4.78, 5) is 24.3. The molecule has 1 amide bonds. The van der Waals surface area contributed by atoms with E-state index in [0.29, 0.717) is 13.0 Å². The third-order valence-electron chi connectivity index (χ3n) is 2.00. The summed E-state index contributed by atoms with van der Waals surface area (Å²) in [5.41, 5.74) is -0.509. The molecule has 1 rings (SSSR count). The third kappa shape index (κ3) is 3.81. The maximum absolute atomic E-state index is 11.6. The molecule has 0 saturated carbocycles. The molecule has 0 aromatic carbocycles.